The summed E-state index contributed by atoms with van der Waals surface area (Å²) >= 11 is 3.41. The first-order chi connectivity index (χ1) is 12.4. The van der Waals surface area contributed by atoms with Crippen molar-refractivity contribution in [2.75, 3.05) is 0 Å². The minimum absolute atomic E-state index is 0.0627. The molecule has 7 heteroatoms. The van der Waals surface area contributed by atoms with E-state index >= 15 is 0 Å². The SMILES string of the molecule is C#CCn1c(=O)c2[nH]c(Cc3ccc(Br)cc3)nc2n(CC(C)C)c1=O. The van der Waals surface area contributed by atoms with Gasteiger partial charge in [0.2, 0.25) is 0 Å². The van der Waals surface area contributed by atoms with Gasteiger partial charge < -0.3 is 4.98 Å². The quantitative estimate of drug-likeness (QED) is 0.651. The second kappa shape index (κ2) is 7.34. The summed E-state index contributed by atoms with van der Waals surface area (Å²) in [6.07, 6.45) is 5.86. The number of H-pyrrole nitrogens is 1. The third kappa shape index (κ3) is 3.51. The van der Waals surface area contributed by atoms with E-state index in [1.54, 1.807) is 0 Å². The van der Waals surface area contributed by atoms with E-state index in [-0.39, 0.29) is 12.5 Å². The normalized spacial score (nSPS) is 11.2. The molecule has 3 aromatic rings. The fourth-order valence-electron chi connectivity index (χ4n) is 2.85. The summed E-state index contributed by atoms with van der Waals surface area (Å²) in [6, 6.07) is 7.86. The molecule has 26 heavy (non-hydrogen) atoms. The van der Waals surface area contributed by atoms with Gasteiger partial charge in [0.25, 0.3) is 5.56 Å². The number of rotatable bonds is 5. The highest BCUT2D eigenvalue weighted by molar-refractivity contribution is 9.10. The molecular formula is C19H19BrN4O2. The van der Waals surface area contributed by atoms with E-state index in [0.29, 0.717) is 30.0 Å². The van der Waals surface area contributed by atoms with Gasteiger partial charge in [0.1, 0.15) is 11.3 Å². The van der Waals surface area contributed by atoms with Crippen molar-refractivity contribution >= 4 is 27.1 Å². The van der Waals surface area contributed by atoms with Gasteiger partial charge in [0.15, 0.2) is 5.65 Å². The Bertz CT molecular complexity index is 1100. The summed E-state index contributed by atoms with van der Waals surface area (Å²) in [7, 11) is 0. The molecule has 134 valence electrons. The van der Waals surface area contributed by atoms with Crippen LogP contribution in [0.4, 0.5) is 0 Å². The van der Waals surface area contributed by atoms with Crippen molar-refractivity contribution < 1.29 is 0 Å². The van der Waals surface area contributed by atoms with Gasteiger partial charge in [0, 0.05) is 17.4 Å². The van der Waals surface area contributed by atoms with Crippen molar-refractivity contribution in [3.63, 3.8) is 0 Å². The number of nitrogens with one attached hydrogen (secondary N) is 1. The first kappa shape index (κ1) is 18.2. The van der Waals surface area contributed by atoms with Crippen LogP contribution in [-0.4, -0.2) is 19.1 Å². The molecule has 0 aliphatic carbocycles. The molecule has 0 spiro atoms. The lowest BCUT2D eigenvalue weighted by atomic mass is 10.1. The Morgan fingerprint density at radius 2 is 1.92 bits per heavy atom. The minimum atomic E-state index is -0.433. The molecule has 0 saturated heterocycles. The Morgan fingerprint density at radius 3 is 2.54 bits per heavy atom. The van der Waals surface area contributed by atoms with Crippen molar-refractivity contribution in [2.24, 2.45) is 5.92 Å². The fraction of sp³-hybridized carbons (Fsp3) is 0.316. The van der Waals surface area contributed by atoms with Crippen LogP contribution in [0, 0.1) is 18.3 Å². The third-order valence-corrected chi connectivity index (χ3v) is 4.52. The summed E-state index contributed by atoms with van der Waals surface area (Å²) < 4.78 is 3.60. The maximum atomic E-state index is 12.7. The monoisotopic (exact) mass is 414 g/mol. The van der Waals surface area contributed by atoms with Gasteiger partial charge >= 0.3 is 5.69 Å². The van der Waals surface area contributed by atoms with Crippen molar-refractivity contribution in [3.05, 3.63) is 61.0 Å². The molecule has 1 N–H and O–H groups in total. The second-order valence-corrected chi connectivity index (χ2v) is 7.48. The summed E-state index contributed by atoms with van der Waals surface area (Å²) in [4.78, 5) is 33.0. The molecule has 0 aliphatic rings. The van der Waals surface area contributed by atoms with Gasteiger partial charge in [-0.1, -0.05) is 47.8 Å². The van der Waals surface area contributed by atoms with E-state index in [4.69, 9.17) is 6.42 Å². The number of terminal acetylenes is 1. The fourth-order valence-corrected chi connectivity index (χ4v) is 3.12. The van der Waals surface area contributed by atoms with Gasteiger partial charge in [-0.25, -0.2) is 14.3 Å². The van der Waals surface area contributed by atoms with E-state index in [1.807, 2.05) is 38.1 Å². The van der Waals surface area contributed by atoms with Crippen LogP contribution in [-0.2, 0) is 19.5 Å². The summed E-state index contributed by atoms with van der Waals surface area (Å²) in [5.41, 5.74) is 0.893. The van der Waals surface area contributed by atoms with Gasteiger partial charge in [-0.3, -0.25) is 9.36 Å². The summed E-state index contributed by atoms with van der Waals surface area (Å²) in [6.45, 7) is 4.41. The maximum absolute atomic E-state index is 12.7. The Labute approximate surface area is 159 Å². The zero-order valence-electron chi connectivity index (χ0n) is 14.6. The molecule has 0 unspecified atom stereocenters. The number of imidazole rings is 1. The largest absolute Gasteiger partial charge is 0.336 e. The Balaban J connectivity index is 2.16. The average Bonchev–Trinajstić information content (AvgIpc) is 3.01. The zero-order valence-corrected chi connectivity index (χ0v) is 16.2. The highest BCUT2D eigenvalue weighted by Crippen LogP contribution is 2.15. The lowest BCUT2D eigenvalue weighted by Gasteiger charge is -2.11. The van der Waals surface area contributed by atoms with Crippen LogP contribution in [0.15, 0.2) is 38.3 Å². The van der Waals surface area contributed by atoms with Crippen LogP contribution in [0.25, 0.3) is 11.2 Å². The summed E-state index contributed by atoms with van der Waals surface area (Å²) in [5, 5.41) is 0. The molecule has 2 heterocycles. The second-order valence-electron chi connectivity index (χ2n) is 6.57. The van der Waals surface area contributed by atoms with E-state index in [2.05, 4.69) is 31.8 Å². The number of nitrogens with zero attached hydrogens (tertiary/aromatic N) is 3. The lowest BCUT2D eigenvalue weighted by molar-refractivity contribution is 0.496. The van der Waals surface area contributed by atoms with Crippen LogP contribution in [0.1, 0.15) is 25.2 Å². The lowest BCUT2D eigenvalue weighted by Crippen LogP contribution is -2.40. The van der Waals surface area contributed by atoms with E-state index < -0.39 is 11.2 Å². The topological polar surface area (TPSA) is 72.7 Å². The third-order valence-electron chi connectivity index (χ3n) is 3.99. The smallest absolute Gasteiger partial charge is 0.333 e. The van der Waals surface area contributed by atoms with E-state index in [1.165, 1.54) is 4.57 Å². The molecule has 0 radical (unpaired) electrons. The first-order valence-corrected chi connectivity index (χ1v) is 9.10. The van der Waals surface area contributed by atoms with Gasteiger partial charge in [-0.2, -0.15) is 0 Å². The van der Waals surface area contributed by atoms with Crippen LogP contribution >= 0.6 is 15.9 Å². The molecule has 0 amide bonds. The van der Waals surface area contributed by atoms with Crippen LogP contribution in [0.2, 0.25) is 0 Å². The van der Waals surface area contributed by atoms with Crippen molar-refractivity contribution in [3.8, 4) is 12.3 Å². The average molecular weight is 415 g/mol. The predicted molar refractivity (Wildman–Crippen MR) is 105 cm³/mol. The number of benzene rings is 1. The molecule has 0 bridgehead atoms. The minimum Gasteiger partial charge on any atom is -0.336 e. The molecule has 1 aromatic carbocycles. The van der Waals surface area contributed by atoms with Crippen LogP contribution in [0.3, 0.4) is 0 Å². The highest BCUT2D eigenvalue weighted by atomic mass is 79.9. The van der Waals surface area contributed by atoms with Crippen molar-refractivity contribution in [1.29, 1.82) is 0 Å². The van der Waals surface area contributed by atoms with Gasteiger partial charge in [-0.15, -0.1) is 6.42 Å². The molecule has 6 nitrogen and oxygen atoms in total. The number of halogens is 1. The maximum Gasteiger partial charge on any atom is 0.333 e. The highest BCUT2D eigenvalue weighted by Gasteiger charge is 2.17. The number of hydrogen-bond acceptors (Lipinski definition) is 3. The molecule has 0 fully saturated rings. The van der Waals surface area contributed by atoms with Crippen molar-refractivity contribution in [1.82, 2.24) is 19.1 Å². The molecule has 0 atom stereocenters. The van der Waals surface area contributed by atoms with Gasteiger partial charge in [0.05, 0.1) is 6.54 Å². The van der Waals surface area contributed by atoms with Gasteiger partial charge in [-0.05, 0) is 23.6 Å². The molecule has 0 aliphatic heterocycles. The number of aromatic amines is 1. The number of hydrogen-bond donors (Lipinski definition) is 1. The standard InChI is InChI=1S/C19H19BrN4O2/c1-4-9-23-18(25)16-17(24(19(23)26)11-12(2)3)22-15(21-16)10-13-5-7-14(20)8-6-13/h1,5-8,12H,9-11H2,2-3H3,(H,21,22). The molecule has 0 saturated carbocycles. The Morgan fingerprint density at radius 1 is 1.23 bits per heavy atom. The summed E-state index contributed by atoms with van der Waals surface area (Å²) in [5.74, 6) is 3.23. The van der Waals surface area contributed by atoms with Crippen LogP contribution < -0.4 is 11.2 Å². The van der Waals surface area contributed by atoms with Crippen molar-refractivity contribution in [2.45, 2.75) is 33.4 Å². The van der Waals surface area contributed by atoms with E-state index in [0.717, 1.165) is 14.6 Å². The molecular weight excluding hydrogens is 396 g/mol. The first-order valence-electron chi connectivity index (χ1n) is 8.30. The Hall–Kier alpha value is -2.59. The van der Waals surface area contributed by atoms with Crippen LogP contribution in [0.5, 0.6) is 0 Å². The zero-order chi connectivity index (χ0) is 18.8. The molecule has 3 rings (SSSR count). The number of aromatic nitrogens is 4. The molecule has 2 aromatic heterocycles. The predicted octanol–water partition coefficient (Wildman–Crippen LogP) is 2.53. The number of fused-ring (bicyclic) bond motifs is 1. The Kier molecular flexibility index (Phi) is 5.14. The van der Waals surface area contributed by atoms with E-state index in [9.17, 15) is 9.59 Å².